The van der Waals surface area contributed by atoms with Gasteiger partial charge in [-0.25, -0.2) is 4.68 Å². The van der Waals surface area contributed by atoms with E-state index in [1.54, 1.807) is 24.3 Å². The lowest BCUT2D eigenvalue weighted by Gasteiger charge is -2.11. The van der Waals surface area contributed by atoms with Crippen LogP contribution in [0, 0.1) is 0 Å². The molecule has 1 aromatic heterocycles. The third-order valence-electron chi connectivity index (χ3n) is 4.16. The fraction of sp³-hybridized carbons (Fsp3) is 0.200. The van der Waals surface area contributed by atoms with Gasteiger partial charge in [-0.1, -0.05) is 12.1 Å². The summed E-state index contributed by atoms with van der Waals surface area (Å²) in [7, 11) is 3.04. The predicted molar refractivity (Wildman–Crippen MR) is 97.6 cm³/mol. The van der Waals surface area contributed by atoms with Crippen LogP contribution in [-0.2, 0) is 12.7 Å². The fourth-order valence-electron chi connectivity index (χ4n) is 2.68. The highest BCUT2D eigenvalue weighted by Gasteiger charge is 2.29. The second-order valence-electron chi connectivity index (χ2n) is 5.98. The Morgan fingerprint density at radius 3 is 2.21 bits per heavy atom. The van der Waals surface area contributed by atoms with Gasteiger partial charge in [0.05, 0.1) is 32.0 Å². The first-order chi connectivity index (χ1) is 13.3. The van der Waals surface area contributed by atoms with Gasteiger partial charge in [-0.2, -0.15) is 18.3 Å². The van der Waals surface area contributed by atoms with Crippen LogP contribution in [0.1, 0.15) is 11.1 Å². The average molecular weight is 390 g/mol. The Kier molecular flexibility index (Phi) is 5.39. The van der Waals surface area contributed by atoms with Gasteiger partial charge in [0.2, 0.25) is 0 Å². The van der Waals surface area contributed by atoms with E-state index < -0.39 is 11.7 Å². The molecule has 8 heteroatoms. The lowest BCUT2D eigenvalue weighted by Crippen LogP contribution is -2.22. The minimum Gasteiger partial charge on any atom is -0.493 e. The van der Waals surface area contributed by atoms with E-state index in [-0.39, 0.29) is 12.1 Å². The summed E-state index contributed by atoms with van der Waals surface area (Å²) in [6, 6.07) is 12.8. The zero-order chi connectivity index (χ0) is 20.3. The van der Waals surface area contributed by atoms with Crippen LogP contribution in [0.4, 0.5) is 13.2 Å². The van der Waals surface area contributed by atoms with Crippen molar-refractivity contribution in [2.24, 2.45) is 0 Å². The van der Waals surface area contributed by atoms with Gasteiger partial charge in [0.1, 0.15) is 0 Å². The van der Waals surface area contributed by atoms with E-state index in [0.29, 0.717) is 28.3 Å². The van der Waals surface area contributed by atoms with Crippen LogP contribution in [0.5, 0.6) is 11.5 Å². The molecule has 0 aliphatic heterocycles. The highest BCUT2D eigenvalue weighted by atomic mass is 19.4. The number of hydrogen-bond donors (Lipinski definition) is 0. The van der Waals surface area contributed by atoms with E-state index in [1.165, 1.54) is 37.1 Å². The van der Waals surface area contributed by atoms with Crippen molar-refractivity contribution < 1.29 is 22.6 Å². The Morgan fingerprint density at radius 2 is 1.61 bits per heavy atom. The molecule has 0 atom stereocenters. The molecule has 0 spiro atoms. The van der Waals surface area contributed by atoms with Gasteiger partial charge in [-0.05, 0) is 42.0 Å². The summed E-state index contributed by atoms with van der Waals surface area (Å²) in [5.41, 5.74) is 0.665. The zero-order valence-corrected chi connectivity index (χ0v) is 15.2. The van der Waals surface area contributed by atoms with Crippen molar-refractivity contribution in [1.82, 2.24) is 9.78 Å². The Hall–Kier alpha value is -3.29. The van der Waals surface area contributed by atoms with E-state index >= 15 is 0 Å². The lowest BCUT2D eigenvalue weighted by atomic mass is 10.1. The Bertz CT molecular complexity index is 1030. The number of nitrogens with zero attached hydrogens (tertiary/aromatic N) is 2. The molecule has 0 radical (unpaired) electrons. The summed E-state index contributed by atoms with van der Waals surface area (Å²) in [5, 5.41) is 4.33. The SMILES string of the molecule is COc1ccc(-c2ccc(=O)n(Cc3ccc(C(F)(F)F)cc3)n2)cc1OC. The molecular weight excluding hydrogens is 373 g/mol. The summed E-state index contributed by atoms with van der Waals surface area (Å²) in [5.74, 6) is 1.08. The second kappa shape index (κ2) is 7.75. The van der Waals surface area contributed by atoms with Gasteiger partial charge in [0, 0.05) is 11.6 Å². The molecular formula is C20H17F3N2O3. The molecule has 0 N–H and O–H groups in total. The van der Waals surface area contributed by atoms with Gasteiger partial charge in [-0.3, -0.25) is 4.79 Å². The highest BCUT2D eigenvalue weighted by Crippen LogP contribution is 2.31. The average Bonchev–Trinajstić information content (AvgIpc) is 2.69. The van der Waals surface area contributed by atoms with Gasteiger partial charge in [0.25, 0.3) is 5.56 Å². The molecule has 0 unspecified atom stereocenters. The first-order valence-electron chi connectivity index (χ1n) is 8.28. The van der Waals surface area contributed by atoms with Crippen molar-refractivity contribution in [2.75, 3.05) is 14.2 Å². The largest absolute Gasteiger partial charge is 0.493 e. The molecule has 0 saturated heterocycles. The van der Waals surface area contributed by atoms with E-state index in [1.807, 2.05) is 0 Å². The number of benzene rings is 2. The smallest absolute Gasteiger partial charge is 0.416 e. The van der Waals surface area contributed by atoms with Gasteiger partial charge < -0.3 is 9.47 Å². The normalized spacial score (nSPS) is 11.3. The number of alkyl halides is 3. The molecule has 3 rings (SSSR count). The number of methoxy groups -OCH3 is 2. The minimum atomic E-state index is -4.40. The molecule has 0 fully saturated rings. The van der Waals surface area contributed by atoms with Gasteiger partial charge >= 0.3 is 6.18 Å². The molecule has 3 aromatic rings. The number of hydrogen-bond acceptors (Lipinski definition) is 4. The molecule has 0 aliphatic rings. The van der Waals surface area contributed by atoms with Crippen LogP contribution >= 0.6 is 0 Å². The summed E-state index contributed by atoms with van der Waals surface area (Å²) >= 11 is 0. The second-order valence-corrected chi connectivity index (χ2v) is 5.98. The lowest BCUT2D eigenvalue weighted by molar-refractivity contribution is -0.137. The Balaban J connectivity index is 1.91. The molecule has 2 aromatic carbocycles. The predicted octanol–water partition coefficient (Wildman–Crippen LogP) is 3.99. The van der Waals surface area contributed by atoms with E-state index in [0.717, 1.165) is 12.1 Å². The molecule has 5 nitrogen and oxygen atoms in total. The minimum absolute atomic E-state index is 0.0537. The van der Waals surface area contributed by atoms with Crippen LogP contribution in [0.25, 0.3) is 11.3 Å². The molecule has 0 bridgehead atoms. The summed E-state index contributed by atoms with van der Waals surface area (Å²) in [6.07, 6.45) is -4.40. The summed E-state index contributed by atoms with van der Waals surface area (Å²) in [4.78, 5) is 12.1. The van der Waals surface area contributed by atoms with E-state index in [4.69, 9.17) is 9.47 Å². The standard InChI is InChI=1S/C20H17F3N2O3/c1-27-17-9-5-14(11-18(17)28-2)16-8-10-19(26)25(24-16)12-13-3-6-15(7-4-13)20(21,22)23/h3-11H,12H2,1-2H3. The third-order valence-corrected chi connectivity index (χ3v) is 4.16. The Labute approximate surface area is 159 Å². The first kappa shape index (κ1) is 19.5. The number of ether oxygens (including phenoxy) is 2. The topological polar surface area (TPSA) is 53.4 Å². The van der Waals surface area contributed by atoms with E-state index in [2.05, 4.69) is 5.10 Å². The molecule has 28 heavy (non-hydrogen) atoms. The van der Waals surface area contributed by atoms with Crippen LogP contribution in [-0.4, -0.2) is 24.0 Å². The maximum absolute atomic E-state index is 12.7. The zero-order valence-electron chi connectivity index (χ0n) is 15.2. The maximum atomic E-state index is 12.7. The molecule has 146 valence electrons. The van der Waals surface area contributed by atoms with Crippen molar-refractivity contribution in [3.05, 3.63) is 76.1 Å². The first-order valence-corrected chi connectivity index (χ1v) is 8.28. The highest BCUT2D eigenvalue weighted by molar-refractivity contribution is 5.63. The van der Waals surface area contributed by atoms with Gasteiger partial charge in [-0.15, -0.1) is 0 Å². The fourth-order valence-corrected chi connectivity index (χ4v) is 2.68. The van der Waals surface area contributed by atoms with Crippen molar-refractivity contribution in [3.63, 3.8) is 0 Å². The van der Waals surface area contributed by atoms with Crippen molar-refractivity contribution >= 4 is 0 Å². The number of rotatable bonds is 5. The van der Waals surface area contributed by atoms with Crippen LogP contribution in [0.3, 0.4) is 0 Å². The number of aromatic nitrogens is 2. The molecule has 1 heterocycles. The van der Waals surface area contributed by atoms with Crippen LogP contribution in [0.2, 0.25) is 0 Å². The van der Waals surface area contributed by atoms with Gasteiger partial charge in [0.15, 0.2) is 11.5 Å². The van der Waals surface area contributed by atoms with Crippen molar-refractivity contribution in [2.45, 2.75) is 12.7 Å². The molecule has 0 amide bonds. The Morgan fingerprint density at radius 1 is 0.929 bits per heavy atom. The summed E-state index contributed by atoms with van der Waals surface area (Å²) < 4.78 is 49.7. The molecule has 0 saturated carbocycles. The maximum Gasteiger partial charge on any atom is 0.416 e. The number of halogens is 3. The van der Waals surface area contributed by atoms with Crippen molar-refractivity contribution in [3.8, 4) is 22.8 Å². The van der Waals surface area contributed by atoms with Crippen LogP contribution < -0.4 is 15.0 Å². The quantitative estimate of drug-likeness (QED) is 0.661. The van der Waals surface area contributed by atoms with Crippen LogP contribution in [0.15, 0.2) is 59.4 Å². The third kappa shape index (κ3) is 4.16. The van der Waals surface area contributed by atoms with Crippen molar-refractivity contribution in [1.29, 1.82) is 0 Å². The van der Waals surface area contributed by atoms with E-state index in [9.17, 15) is 18.0 Å². The molecule has 0 aliphatic carbocycles. The summed E-state index contributed by atoms with van der Waals surface area (Å²) in [6.45, 7) is 0.0537. The monoisotopic (exact) mass is 390 g/mol.